The maximum Gasteiger partial charge on any atom is 0.0862 e. The largest absolute Gasteiger partial charge is 0.396 e. The second-order valence-corrected chi connectivity index (χ2v) is 5.39. The number of hydrogen-bond donors (Lipinski definition) is 2. The molecule has 19 heavy (non-hydrogen) atoms. The van der Waals surface area contributed by atoms with Gasteiger partial charge < -0.3 is 15.7 Å². The van der Waals surface area contributed by atoms with E-state index in [0.717, 1.165) is 23.6 Å². The molecule has 110 valence electrons. The van der Waals surface area contributed by atoms with Gasteiger partial charge in [-0.05, 0) is 33.9 Å². The Kier molecular flexibility index (Phi) is 6.31. The van der Waals surface area contributed by atoms with Crippen molar-refractivity contribution in [1.82, 2.24) is 14.7 Å². The van der Waals surface area contributed by atoms with E-state index in [2.05, 4.69) is 24.0 Å². The van der Waals surface area contributed by atoms with Crippen LogP contribution in [0.15, 0.2) is 0 Å². The van der Waals surface area contributed by atoms with E-state index in [1.165, 1.54) is 19.3 Å². The van der Waals surface area contributed by atoms with Gasteiger partial charge in [-0.2, -0.15) is 5.10 Å². The molecule has 0 aliphatic carbocycles. The summed E-state index contributed by atoms with van der Waals surface area (Å²) >= 11 is 0. The predicted octanol–water partition coefficient (Wildman–Crippen LogP) is 1.57. The van der Waals surface area contributed by atoms with Crippen LogP contribution >= 0.6 is 0 Å². The highest BCUT2D eigenvalue weighted by atomic mass is 16.3. The van der Waals surface area contributed by atoms with Gasteiger partial charge in [0, 0.05) is 6.54 Å². The van der Waals surface area contributed by atoms with Crippen LogP contribution in [0.4, 0.5) is 5.69 Å². The maximum absolute atomic E-state index is 10.1. The third-order valence-electron chi connectivity index (χ3n) is 3.49. The first-order valence-corrected chi connectivity index (χ1v) is 7.11. The molecule has 5 nitrogen and oxygen atoms in total. The van der Waals surface area contributed by atoms with Crippen LogP contribution in [0.25, 0.3) is 0 Å². The fourth-order valence-electron chi connectivity index (χ4n) is 2.23. The van der Waals surface area contributed by atoms with Crippen LogP contribution in [0.3, 0.4) is 0 Å². The Morgan fingerprint density at radius 1 is 1.37 bits per heavy atom. The fraction of sp³-hybridized carbons (Fsp3) is 0.786. The first kappa shape index (κ1) is 16.0. The number of aliphatic hydroxyl groups excluding tert-OH is 1. The molecule has 3 N–H and O–H groups in total. The molecule has 0 saturated heterocycles. The summed E-state index contributed by atoms with van der Waals surface area (Å²) in [5.41, 5.74) is 8.38. The van der Waals surface area contributed by atoms with Gasteiger partial charge in [0.15, 0.2) is 0 Å². The van der Waals surface area contributed by atoms with E-state index in [4.69, 9.17) is 5.73 Å². The lowest BCUT2D eigenvalue weighted by molar-refractivity contribution is 0.105. The van der Waals surface area contributed by atoms with Gasteiger partial charge in [-0.1, -0.05) is 19.8 Å². The van der Waals surface area contributed by atoms with Gasteiger partial charge in [-0.25, -0.2) is 0 Å². The molecule has 1 heterocycles. The first-order chi connectivity index (χ1) is 8.95. The van der Waals surface area contributed by atoms with E-state index in [1.54, 1.807) is 4.68 Å². The summed E-state index contributed by atoms with van der Waals surface area (Å²) in [5, 5.41) is 14.5. The summed E-state index contributed by atoms with van der Waals surface area (Å²) in [6, 6.07) is 0. The average molecular weight is 268 g/mol. The first-order valence-electron chi connectivity index (χ1n) is 7.11. The van der Waals surface area contributed by atoms with Gasteiger partial charge in [-0.15, -0.1) is 0 Å². The summed E-state index contributed by atoms with van der Waals surface area (Å²) < 4.78 is 1.80. The number of rotatable bonds is 8. The Hall–Kier alpha value is -1.07. The van der Waals surface area contributed by atoms with Gasteiger partial charge in [0.2, 0.25) is 0 Å². The van der Waals surface area contributed by atoms with Crippen molar-refractivity contribution >= 4 is 5.69 Å². The molecule has 0 amide bonds. The highest BCUT2D eigenvalue weighted by Crippen LogP contribution is 2.15. The molecule has 1 aromatic heterocycles. The molecule has 0 saturated carbocycles. The monoisotopic (exact) mass is 268 g/mol. The van der Waals surface area contributed by atoms with Crippen LogP contribution in [0.1, 0.15) is 37.6 Å². The molecular formula is C14H28N4O. The van der Waals surface area contributed by atoms with E-state index < -0.39 is 6.10 Å². The molecular weight excluding hydrogens is 240 g/mol. The normalized spacial score (nSPS) is 13.2. The van der Waals surface area contributed by atoms with Crippen molar-refractivity contribution in [1.29, 1.82) is 0 Å². The molecule has 1 unspecified atom stereocenters. The smallest absolute Gasteiger partial charge is 0.0862 e. The average Bonchev–Trinajstić information content (AvgIpc) is 2.57. The number of nitrogens with zero attached hydrogens (tertiary/aromatic N) is 3. The number of anilines is 1. The lowest BCUT2D eigenvalue weighted by Crippen LogP contribution is -2.33. The number of likely N-dealkylation sites (N-methyl/N-ethyl adjacent to an activating group) is 1. The second-order valence-electron chi connectivity index (χ2n) is 5.39. The summed E-state index contributed by atoms with van der Waals surface area (Å²) in [4.78, 5) is 2.18. The van der Waals surface area contributed by atoms with Crippen LogP contribution < -0.4 is 5.73 Å². The van der Waals surface area contributed by atoms with E-state index in [9.17, 15) is 5.11 Å². The van der Waals surface area contributed by atoms with Crippen LogP contribution in [-0.2, 0) is 6.54 Å². The third-order valence-corrected chi connectivity index (χ3v) is 3.49. The summed E-state index contributed by atoms with van der Waals surface area (Å²) in [5.74, 6) is 0. The third kappa shape index (κ3) is 4.84. The van der Waals surface area contributed by atoms with Crippen LogP contribution in [0.5, 0.6) is 0 Å². The standard InChI is InChI=1S/C14H28N4O/c1-5-6-7-8-17(4)9-13(19)10-18-12(3)14(15)11(2)16-18/h13,19H,5-10,15H2,1-4H3. The van der Waals surface area contributed by atoms with Crippen molar-refractivity contribution in [3.05, 3.63) is 11.4 Å². The Morgan fingerprint density at radius 2 is 2.05 bits per heavy atom. The van der Waals surface area contributed by atoms with E-state index in [1.807, 2.05) is 13.8 Å². The zero-order valence-corrected chi connectivity index (χ0v) is 12.7. The Bertz CT molecular complexity index is 389. The highest BCUT2D eigenvalue weighted by Gasteiger charge is 2.13. The summed E-state index contributed by atoms with van der Waals surface area (Å²) in [7, 11) is 2.05. The number of unbranched alkanes of at least 4 members (excludes halogenated alkanes) is 2. The predicted molar refractivity (Wildman–Crippen MR) is 79.1 cm³/mol. The van der Waals surface area contributed by atoms with Crippen molar-refractivity contribution in [2.45, 2.75) is 52.7 Å². The topological polar surface area (TPSA) is 67.3 Å². The van der Waals surface area contributed by atoms with Gasteiger partial charge in [0.1, 0.15) is 0 Å². The molecule has 0 bridgehead atoms. The molecule has 0 aliphatic heterocycles. The molecule has 0 radical (unpaired) electrons. The van der Waals surface area contributed by atoms with Gasteiger partial charge >= 0.3 is 0 Å². The molecule has 0 spiro atoms. The van der Waals surface area contributed by atoms with E-state index in [0.29, 0.717) is 13.1 Å². The molecule has 0 aliphatic rings. The highest BCUT2D eigenvalue weighted by molar-refractivity contribution is 5.46. The minimum Gasteiger partial charge on any atom is -0.396 e. The van der Waals surface area contributed by atoms with Crippen molar-refractivity contribution in [2.75, 3.05) is 25.9 Å². The molecule has 1 atom stereocenters. The van der Waals surface area contributed by atoms with Gasteiger partial charge in [0.05, 0.1) is 29.7 Å². The maximum atomic E-state index is 10.1. The Morgan fingerprint density at radius 3 is 2.58 bits per heavy atom. The summed E-state index contributed by atoms with van der Waals surface area (Å²) in [6.45, 7) is 8.23. The lowest BCUT2D eigenvalue weighted by Gasteiger charge is -2.20. The molecule has 1 aromatic rings. The fourth-order valence-corrected chi connectivity index (χ4v) is 2.23. The number of hydrogen-bond acceptors (Lipinski definition) is 4. The van der Waals surface area contributed by atoms with E-state index >= 15 is 0 Å². The molecule has 1 rings (SSSR count). The van der Waals surface area contributed by atoms with Gasteiger partial charge in [0.25, 0.3) is 0 Å². The minimum atomic E-state index is -0.413. The van der Waals surface area contributed by atoms with Crippen LogP contribution in [0, 0.1) is 13.8 Å². The Balaban J connectivity index is 2.42. The number of aryl methyl sites for hydroxylation is 1. The van der Waals surface area contributed by atoms with Crippen molar-refractivity contribution < 1.29 is 5.11 Å². The number of nitrogen functional groups attached to an aromatic ring is 1. The van der Waals surface area contributed by atoms with Gasteiger partial charge in [-0.3, -0.25) is 4.68 Å². The SMILES string of the molecule is CCCCCN(C)CC(O)Cn1nc(C)c(N)c1C. The summed E-state index contributed by atoms with van der Waals surface area (Å²) in [6.07, 6.45) is 3.24. The van der Waals surface area contributed by atoms with Crippen LogP contribution in [0.2, 0.25) is 0 Å². The van der Waals surface area contributed by atoms with Crippen molar-refractivity contribution in [3.63, 3.8) is 0 Å². The quantitative estimate of drug-likeness (QED) is 0.702. The van der Waals surface area contributed by atoms with Crippen molar-refractivity contribution in [3.8, 4) is 0 Å². The number of nitrogens with two attached hydrogens (primary N) is 1. The van der Waals surface area contributed by atoms with Crippen molar-refractivity contribution in [2.24, 2.45) is 0 Å². The molecule has 0 aromatic carbocycles. The number of aromatic nitrogens is 2. The second kappa shape index (κ2) is 7.50. The zero-order valence-electron chi connectivity index (χ0n) is 12.7. The van der Waals surface area contributed by atoms with Crippen LogP contribution in [-0.4, -0.2) is 46.0 Å². The number of aliphatic hydroxyl groups is 1. The van der Waals surface area contributed by atoms with E-state index in [-0.39, 0.29) is 0 Å². The molecule has 0 fully saturated rings. The lowest BCUT2D eigenvalue weighted by atomic mass is 10.2. The zero-order chi connectivity index (χ0) is 14.4. The molecule has 5 heteroatoms. The Labute approximate surface area is 116 Å². The minimum absolute atomic E-state index is 0.413.